The Kier molecular flexibility index (Phi) is 13.0. The molecule has 0 saturated heterocycles. The normalized spacial score (nSPS) is 11.9. The van der Waals surface area contributed by atoms with Gasteiger partial charge in [-0.15, -0.1) is 0 Å². The number of rotatable bonds is 8. The minimum absolute atomic E-state index is 0. The molecule has 0 rings (SSSR count). The molecular formula is C9H21LiN2O2. The first-order valence-electron chi connectivity index (χ1n) is 4.84. The molecule has 5 N–H and O–H groups in total. The van der Waals surface area contributed by atoms with Crippen LogP contribution in [0.1, 0.15) is 38.5 Å². The molecule has 0 fully saturated rings. The molecule has 14 heavy (non-hydrogen) atoms. The Bertz CT molecular complexity index is 145. The number of hydrogen-bond donors (Lipinski definition) is 3. The van der Waals surface area contributed by atoms with Gasteiger partial charge in [0.2, 0.25) is 0 Å². The molecule has 0 radical (unpaired) electrons. The Morgan fingerprint density at radius 1 is 1.21 bits per heavy atom. The van der Waals surface area contributed by atoms with Crippen molar-refractivity contribution in [1.29, 1.82) is 0 Å². The van der Waals surface area contributed by atoms with Gasteiger partial charge in [-0.3, -0.25) is 4.79 Å². The van der Waals surface area contributed by atoms with Gasteiger partial charge in [0, 0.05) is 12.5 Å². The summed E-state index contributed by atoms with van der Waals surface area (Å²) in [4.78, 5) is 10.2. The van der Waals surface area contributed by atoms with Crippen LogP contribution in [0.4, 0.5) is 0 Å². The van der Waals surface area contributed by atoms with Crippen molar-refractivity contribution in [2.45, 2.75) is 44.6 Å². The third-order valence-electron chi connectivity index (χ3n) is 2.01. The Balaban J connectivity index is 0. The molecule has 0 saturated carbocycles. The summed E-state index contributed by atoms with van der Waals surface area (Å²) in [5, 5.41) is 8.40. The average molecular weight is 196 g/mol. The molecule has 0 heterocycles. The zero-order valence-electron chi connectivity index (χ0n) is 8.04. The molecule has 5 heteroatoms. The Labute approximate surface area is 97.6 Å². The zero-order chi connectivity index (χ0) is 10.1. The van der Waals surface area contributed by atoms with E-state index in [4.69, 9.17) is 16.6 Å². The van der Waals surface area contributed by atoms with Crippen molar-refractivity contribution in [3.05, 3.63) is 0 Å². The second kappa shape index (κ2) is 11.1. The van der Waals surface area contributed by atoms with Crippen molar-refractivity contribution in [3.8, 4) is 0 Å². The summed E-state index contributed by atoms with van der Waals surface area (Å²) in [6.45, 7) is 0.727. The number of unbranched alkanes of at least 4 members (excludes halogenated alkanes) is 2. The van der Waals surface area contributed by atoms with Crippen molar-refractivity contribution < 1.29 is 9.90 Å². The van der Waals surface area contributed by atoms with Gasteiger partial charge in [0.25, 0.3) is 0 Å². The van der Waals surface area contributed by atoms with E-state index in [1.807, 2.05) is 0 Å². The van der Waals surface area contributed by atoms with Crippen molar-refractivity contribution >= 4 is 24.8 Å². The van der Waals surface area contributed by atoms with Gasteiger partial charge in [0.15, 0.2) is 0 Å². The van der Waals surface area contributed by atoms with Crippen LogP contribution in [0.25, 0.3) is 0 Å². The fourth-order valence-corrected chi connectivity index (χ4v) is 1.18. The summed E-state index contributed by atoms with van der Waals surface area (Å²) < 4.78 is 0. The summed E-state index contributed by atoms with van der Waals surface area (Å²) in [6.07, 6.45) is 4.85. The van der Waals surface area contributed by atoms with Crippen LogP contribution in [0.2, 0.25) is 0 Å². The first-order valence-corrected chi connectivity index (χ1v) is 4.84. The van der Waals surface area contributed by atoms with Crippen LogP contribution in [-0.2, 0) is 4.79 Å². The minimum atomic E-state index is -0.766. The van der Waals surface area contributed by atoms with Crippen LogP contribution in [-0.4, -0.2) is 42.5 Å². The van der Waals surface area contributed by atoms with Crippen LogP contribution in [0, 0.1) is 0 Å². The number of carboxylic acid groups (broad SMARTS) is 1. The van der Waals surface area contributed by atoms with Crippen molar-refractivity contribution in [1.82, 2.24) is 0 Å². The zero-order valence-corrected chi connectivity index (χ0v) is 8.04. The van der Waals surface area contributed by atoms with E-state index in [1.165, 1.54) is 0 Å². The predicted molar refractivity (Wildman–Crippen MR) is 59.5 cm³/mol. The van der Waals surface area contributed by atoms with E-state index in [9.17, 15) is 4.79 Å². The molecule has 0 aromatic heterocycles. The number of carbonyl (C=O) groups is 1. The van der Waals surface area contributed by atoms with E-state index in [1.54, 1.807) is 0 Å². The van der Waals surface area contributed by atoms with E-state index in [-0.39, 0.29) is 31.3 Å². The molecule has 80 valence electrons. The molecule has 0 bridgehead atoms. The molecule has 0 aliphatic carbocycles. The molecule has 0 aliphatic rings. The van der Waals surface area contributed by atoms with Gasteiger partial charge >= 0.3 is 24.8 Å². The van der Waals surface area contributed by atoms with Crippen LogP contribution in [0.3, 0.4) is 0 Å². The Morgan fingerprint density at radius 3 is 2.36 bits per heavy atom. The molecule has 0 spiro atoms. The maximum atomic E-state index is 10.2. The van der Waals surface area contributed by atoms with Gasteiger partial charge in [-0.05, 0) is 25.8 Å². The number of nitrogens with two attached hydrogens (primary N) is 2. The van der Waals surface area contributed by atoms with Crippen LogP contribution in [0.5, 0.6) is 0 Å². The first-order chi connectivity index (χ1) is 6.16. The summed E-state index contributed by atoms with van der Waals surface area (Å²) in [5.41, 5.74) is 11.0. The molecule has 1 unspecified atom stereocenters. The summed E-state index contributed by atoms with van der Waals surface area (Å²) in [7, 11) is 0. The van der Waals surface area contributed by atoms with E-state index < -0.39 is 5.97 Å². The third-order valence-corrected chi connectivity index (χ3v) is 2.01. The fraction of sp³-hybridized carbons (Fsp3) is 0.889. The second-order valence-corrected chi connectivity index (χ2v) is 3.33. The van der Waals surface area contributed by atoms with Crippen LogP contribution >= 0.6 is 0 Å². The van der Waals surface area contributed by atoms with Crippen LogP contribution < -0.4 is 11.5 Å². The molecule has 4 nitrogen and oxygen atoms in total. The monoisotopic (exact) mass is 196 g/mol. The molecule has 0 aliphatic heterocycles. The van der Waals surface area contributed by atoms with Gasteiger partial charge in [0.1, 0.15) is 0 Å². The summed E-state index contributed by atoms with van der Waals surface area (Å²) in [5.74, 6) is -0.766. The quantitative estimate of drug-likeness (QED) is 0.378. The van der Waals surface area contributed by atoms with Crippen LogP contribution in [0.15, 0.2) is 0 Å². The van der Waals surface area contributed by atoms with Crippen molar-refractivity contribution in [2.75, 3.05) is 6.54 Å². The number of aliphatic carboxylic acids is 1. The standard InChI is InChI=1S/C9H20N2O2.Li.H/c10-7-3-1-2-4-8(11)5-6-9(12)13;;/h8H,1-7,10-11H2,(H,12,13);;. The van der Waals surface area contributed by atoms with Gasteiger partial charge in [-0.1, -0.05) is 12.8 Å². The Morgan fingerprint density at radius 2 is 1.86 bits per heavy atom. The van der Waals surface area contributed by atoms with E-state index >= 15 is 0 Å². The Hall–Kier alpha value is -0.0126. The third kappa shape index (κ3) is 12.0. The second-order valence-electron chi connectivity index (χ2n) is 3.33. The van der Waals surface area contributed by atoms with E-state index in [0.29, 0.717) is 6.42 Å². The van der Waals surface area contributed by atoms with Gasteiger partial charge in [-0.2, -0.15) is 0 Å². The van der Waals surface area contributed by atoms with Gasteiger partial charge in [0.05, 0.1) is 0 Å². The number of carboxylic acids is 1. The van der Waals surface area contributed by atoms with E-state index in [2.05, 4.69) is 0 Å². The molecule has 0 aromatic carbocycles. The fourth-order valence-electron chi connectivity index (χ4n) is 1.18. The topological polar surface area (TPSA) is 89.3 Å². The van der Waals surface area contributed by atoms with Gasteiger partial charge < -0.3 is 16.6 Å². The molecule has 0 aromatic rings. The van der Waals surface area contributed by atoms with Crippen molar-refractivity contribution in [3.63, 3.8) is 0 Å². The van der Waals surface area contributed by atoms with Crippen molar-refractivity contribution in [2.24, 2.45) is 11.5 Å². The molecule has 1 atom stereocenters. The average Bonchev–Trinajstić information content (AvgIpc) is 2.09. The summed E-state index contributed by atoms with van der Waals surface area (Å²) >= 11 is 0. The molecule has 0 amide bonds. The first kappa shape index (κ1) is 16.4. The van der Waals surface area contributed by atoms with Gasteiger partial charge in [-0.25, -0.2) is 0 Å². The predicted octanol–water partition coefficient (Wildman–Crippen LogP) is 0.0491. The number of hydrogen-bond acceptors (Lipinski definition) is 3. The SMILES string of the molecule is NCCCCCC(N)CCC(=O)O.[LiH]. The summed E-state index contributed by atoms with van der Waals surface area (Å²) in [6, 6.07) is 0.0360. The maximum absolute atomic E-state index is 10.2. The van der Waals surface area contributed by atoms with E-state index in [0.717, 1.165) is 32.2 Å². The molecular weight excluding hydrogens is 175 g/mol.